The Bertz CT molecular complexity index is 404. The van der Waals surface area contributed by atoms with E-state index in [1.165, 1.54) is 14.0 Å². The number of esters is 1. The molecule has 0 aromatic heterocycles. The number of ether oxygens (including phenoxy) is 1. The lowest BCUT2D eigenvalue weighted by molar-refractivity contribution is -0.186. The smallest absolute Gasteiger partial charge is 0.391 e. The molecular weight excluding hydrogens is 275 g/mol. The third-order valence-electron chi connectivity index (χ3n) is 3.36. The maximum absolute atomic E-state index is 12.7. The minimum atomic E-state index is -4.25. The minimum Gasteiger partial charge on any atom is -0.466 e. The Balaban J connectivity index is 2.59. The maximum atomic E-state index is 12.7. The van der Waals surface area contributed by atoms with Crippen molar-refractivity contribution < 1.29 is 27.5 Å². The van der Waals surface area contributed by atoms with Gasteiger partial charge in [0, 0.05) is 17.7 Å². The van der Waals surface area contributed by atoms with Crippen LogP contribution in [0.5, 0.6) is 0 Å². The number of carbonyl (C=O) groups is 2. The molecule has 20 heavy (non-hydrogen) atoms. The molecule has 0 aromatic carbocycles. The van der Waals surface area contributed by atoms with Crippen molar-refractivity contribution in [1.29, 1.82) is 0 Å². The summed E-state index contributed by atoms with van der Waals surface area (Å²) in [4.78, 5) is 22.8. The van der Waals surface area contributed by atoms with Crippen molar-refractivity contribution in [2.75, 3.05) is 7.11 Å². The van der Waals surface area contributed by atoms with Crippen LogP contribution in [0.1, 0.15) is 32.6 Å². The summed E-state index contributed by atoms with van der Waals surface area (Å²) >= 11 is 0. The third-order valence-corrected chi connectivity index (χ3v) is 3.36. The Kier molecular flexibility index (Phi) is 5.59. The topological polar surface area (TPSA) is 55.4 Å². The molecule has 0 radical (unpaired) electrons. The summed E-state index contributed by atoms with van der Waals surface area (Å²) in [5.41, 5.74) is 0.260. The van der Waals surface area contributed by atoms with Gasteiger partial charge in [0.15, 0.2) is 0 Å². The molecular formula is C13H18F3NO3. The van der Waals surface area contributed by atoms with Crippen molar-refractivity contribution in [3.05, 3.63) is 11.8 Å². The van der Waals surface area contributed by atoms with E-state index in [9.17, 15) is 22.8 Å². The Morgan fingerprint density at radius 1 is 1.30 bits per heavy atom. The largest absolute Gasteiger partial charge is 0.466 e. The molecule has 2 unspecified atom stereocenters. The number of nitrogens with one attached hydrogen (secondary N) is 1. The summed E-state index contributed by atoms with van der Waals surface area (Å²) in [6.45, 7) is 1.49. The van der Waals surface area contributed by atoms with Gasteiger partial charge in [-0.2, -0.15) is 13.2 Å². The van der Waals surface area contributed by atoms with Gasteiger partial charge in [0.25, 0.3) is 0 Å². The summed E-state index contributed by atoms with van der Waals surface area (Å²) < 4.78 is 42.4. The second-order valence-corrected chi connectivity index (χ2v) is 4.94. The van der Waals surface area contributed by atoms with Crippen LogP contribution in [-0.2, 0) is 14.3 Å². The van der Waals surface area contributed by atoms with Gasteiger partial charge in [0.2, 0.25) is 5.91 Å². The molecule has 1 saturated carbocycles. The van der Waals surface area contributed by atoms with E-state index in [4.69, 9.17) is 0 Å². The number of allylic oxidation sites excluding steroid dienone is 1. The van der Waals surface area contributed by atoms with E-state index in [2.05, 4.69) is 10.1 Å². The van der Waals surface area contributed by atoms with Crippen LogP contribution in [0.3, 0.4) is 0 Å². The van der Waals surface area contributed by atoms with Gasteiger partial charge >= 0.3 is 12.1 Å². The van der Waals surface area contributed by atoms with Crippen LogP contribution in [0.15, 0.2) is 11.8 Å². The van der Waals surface area contributed by atoms with E-state index >= 15 is 0 Å². The second kappa shape index (κ2) is 6.76. The summed E-state index contributed by atoms with van der Waals surface area (Å²) in [5, 5.41) is 2.44. The monoisotopic (exact) mass is 293 g/mol. The first-order valence-corrected chi connectivity index (χ1v) is 6.38. The lowest BCUT2D eigenvalue weighted by atomic mass is 9.80. The molecule has 114 valence electrons. The molecule has 1 aliphatic rings. The van der Waals surface area contributed by atoms with E-state index in [1.54, 1.807) is 0 Å². The van der Waals surface area contributed by atoms with Crippen LogP contribution in [0, 0.1) is 11.8 Å². The van der Waals surface area contributed by atoms with E-state index in [1.807, 2.05) is 0 Å². The first kappa shape index (κ1) is 16.5. The molecule has 1 aliphatic carbocycles. The molecule has 7 heteroatoms. The van der Waals surface area contributed by atoms with Gasteiger partial charge in [0.1, 0.15) is 0 Å². The average Bonchev–Trinajstić information content (AvgIpc) is 2.37. The van der Waals surface area contributed by atoms with E-state index in [-0.39, 0.29) is 18.5 Å². The lowest BCUT2D eigenvalue weighted by Gasteiger charge is -2.29. The number of rotatable bonds is 3. The fourth-order valence-corrected chi connectivity index (χ4v) is 2.29. The van der Waals surface area contributed by atoms with Gasteiger partial charge in [-0.3, -0.25) is 4.79 Å². The molecule has 1 fully saturated rings. The zero-order valence-electron chi connectivity index (χ0n) is 11.4. The highest BCUT2D eigenvalue weighted by molar-refractivity contribution is 5.85. The molecule has 0 heterocycles. The Morgan fingerprint density at radius 3 is 2.50 bits per heavy atom. The number of halogens is 3. The van der Waals surface area contributed by atoms with Crippen molar-refractivity contribution in [2.45, 2.75) is 38.8 Å². The third kappa shape index (κ3) is 4.86. The highest BCUT2D eigenvalue weighted by atomic mass is 19.4. The maximum Gasteiger partial charge on any atom is 0.391 e. The van der Waals surface area contributed by atoms with Crippen molar-refractivity contribution in [3.8, 4) is 0 Å². The first-order valence-electron chi connectivity index (χ1n) is 6.38. The fourth-order valence-electron chi connectivity index (χ4n) is 2.29. The standard InChI is InChI=1S/C13H18F3NO3/c1-8(6-11(18)20-2)17-12(19)9-4-3-5-10(7-9)13(14,15)16/h6,9-10H,3-5,7H2,1-2H3,(H,17,19). The van der Waals surface area contributed by atoms with Gasteiger partial charge in [-0.15, -0.1) is 0 Å². The molecule has 1 N–H and O–H groups in total. The van der Waals surface area contributed by atoms with Crippen LogP contribution < -0.4 is 5.32 Å². The van der Waals surface area contributed by atoms with Crippen molar-refractivity contribution in [2.24, 2.45) is 11.8 Å². The van der Waals surface area contributed by atoms with Gasteiger partial charge < -0.3 is 10.1 Å². The number of alkyl halides is 3. The number of hydrogen-bond acceptors (Lipinski definition) is 3. The molecule has 0 bridgehead atoms. The highest BCUT2D eigenvalue weighted by Crippen LogP contribution is 2.39. The predicted octanol–water partition coefficient (Wildman–Crippen LogP) is 2.55. The average molecular weight is 293 g/mol. The summed E-state index contributed by atoms with van der Waals surface area (Å²) in [7, 11) is 1.20. The molecule has 4 nitrogen and oxygen atoms in total. The quantitative estimate of drug-likeness (QED) is 0.642. The molecule has 1 rings (SSSR count). The minimum absolute atomic E-state index is 0.0737. The van der Waals surface area contributed by atoms with Crippen molar-refractivity contribution >= 4 is 11.9 Å². The predicted molar refractivity (Wildman–Crippen MR) is 65.4 cm³/mol. The van der Waals surface area contributed by atoms with Gasteiger partial charge in [0.05, 0.1) is 13.0 Å². The van der Waals surface area contributed by atoms with Gasteiger partial charge in [-0.1, -0.05) is 6.42 Å². The summed E-state index contributed by atoms with van der Waals surface area (Å²) in [6.07, 6.45) is -2.48. The number of methoxy groups -OCH3 is 1. The van der Waals surface area contributed by atoms with E-state index < -0.39 is 29.9 Å². The van der Waals surface area contributed by atoms with Crippen LogP contribution in [-0.4, -0.2) is 25.2 Å². The number of carbonyl (C=O) groups excluding carboxylic acids is 2. The molecule has 0 saturated heterocycles. The van der Waals surface area contributed by atoms with Crippen LogP contribution in [0.25, 0.3) is 0 Å². The normalized spacial score (nSPS) is 24.1. The molecule has 0 aromatic rings. The van der Waals surface area contributed by atoms with Crippen LogP contribution in [0.2, 0.25) is 0 Å². The van der Waals surface area contributed by atoms with Gasteiger partial charge in [-0.05, 0) is 26.2 Å². The van der Waals surface area contributed by atoms with Gasteiger partial charge in [-0.25, -0.2) is 4.79 Å². The summed E-state index contributed by atoms with van der Waals surface area (Å²) in [6, 6.07) is 0. The first-order chi connectivity index (χ1) is 9.24. The van der Waals surface area contributed by atoms with E-state index in [0.717, 1.165) is 6.08 Å². The van der Waals surface area contributed by atoms with Crippen molar-refractivity contribution in [1.82, 2.24) is 5.32 Å². The molecule has 0 spiro atoms. The Labute approximate surface area is 115 Å². The Hall–Kier alpha value is -1.53. The SMILES string of the molecule is COC(=O)C=C(C)NC(=O)C1CCCC(C(F)(F)F)C1. The summed E-state index contributed by atoms with van der Waals surface area (Å²) in [5.74, 6) is -3.19. The zero-order valence-corrected chi connectivity index (χ0v) is 11.4. The molecule has 2 atom stereocenters. The fraction of sp³-hybridized carbons (Fsp3) is 0.692. The van der Waals surface area contributed by atoms with E-state index in [0.29, 0.717) is 12.8 Å². The highest BCUT2D eigenvalue weighted by Gasteiger charge is 2.43. The second-order valence-electron chi connectivity index (χ2n) is 4.94. The Morgan fingerprint density at radius 2 is 1.95 bits per heavy atom. The van der Waals surface area contributed by atoms with Crippen LogP contribution in [0.4, 0.5) is 13.2 Å². The molecule has 1 amide bonds. The lowest BCUT2D eigenvalue weighted by Crippen LogP contribution is -2.36. The zero-order chi connectivity index (χ0) is 15.3. The van der Waals surface area contributed by atoms with Crippen LogP contribution >= 0.6 is 0 Å². The number of hydrogen-bond donors (Lipinski definition) is 1. The molecule has 0 aliphatic heterocycles. The van der Waals surface area contributed by atoms with Crippen molar-refractivity contribution in [3.63, 3.8) is 0 Å². The number of amides is 1.